The molecule has 2 N–H and O–H groups in total. The Labute approximate surface area is 130 Å². The van der Waals surface area contributed by atoms with Gasteiger partial charge >= 0.3 is 0 Å². The van der Waals surface area contributed by atoms with Gasteiger partial charge in [0.1, 0.15) is 17.1 Å². The second kappa shape index (κ2) is 5.75. The summed E-state index contributed by atoms with van der Waals surface area (Å²) in [6.07, 6.45) is 1.56. The number of amides is 1. The van der Waals surface area contributed by atoms with Gasteiger partial charge in [0.25, 0.3) is 5.91 Å². The fraction of sp³-hybridized carbons (Fsp3) is 0.143. The van der Waals surface area contributed by atoms with Crippen LogP contribution in [0.3, 0.4) is 0 Å². The van der Waals surface area contributed by atoms with Gasteiger partial charge in [-0.25, -0.2) is 4.98 Å². The van der Waals surface area contributed by atoms with Crippen molar-refractivity contribution in [2.45, 2.75) is 13.5 Å². The Balaban J connectivity index is 1.64. The van der Waals surface area contributed by atoms with Crippen LogP contribution < -0.4 is 5.32 Å². The Morgan fingerprint density at radius 2 is 2.38 bits per heavy atom. The molecule has 3 rings (SSSR count). The minimum Gasteiger partial charge on any atom is -0.458 e. The number of nitrogens with one attached hydrogen (secondary N) is 2. The molecule has 0 saturated carbocycles. The number of hydrogen-bond donors (Lipinski definition) is 2. The summed E-state index contributed by atoms with van der Waals surface area (Å²) in [5.41, 5.74) is 1.23. The van der Waals surface area contributed by atoms with Crippen molar-refractivity contribution in [2.24, 2.45) is 0 Å². The number of nitrogens with zero attached hydrogens (tertiary/aromatic N) is 1. The molecule has 3 aromatic rings. The van der Waals surface area contributed by atoms with Crippen molar-refractivity contribution >= 4 is 28.8 Å². The second-order valence-corrected chi connectivity index (χ2v) is 5.93. The average molecular weight is 322 g/mol. The van der Waals surface area contributed by atoms with Gasteiger partial charge in [0.2, 0.25) is 0 Å². The zero-order valence-electron chi connectivity index (χ0n) is 11.1. The third-order valence-electron chi connectivity index (χ3n) is 2.85. The summed E-state index contributed by atoms with van der Waals surface area (Å²) in [6, 6.07) is 5.25. The summed E-state index contributed by atoms with van der Waals surface area (Å²) in [5, 5.41) is 6.19. The van der Waals surface area contributed by atoms with Crippen molar-refractivity contribution in [1.29, 1.82) is 0 Å². The van der Waals surface area contributed by atoms with Gasteiger partial charge < -0.3 is 14.7 Å². The van der Waals surface area contributed by atoms with Crippen LogP contribution in [0.15, 0.2) is 34.2 Å². The highest BCUT2D eigenvalue weighted by Crippen LogP contribution is 2.23. The lowest BCUT2D eigenvalue weighted by molar-refractivity contribution is 0.0943. The summed E-state index contributed by atoms with van der Waals surface area (Å²) in [4.78, 5) is 19.0. The van der Waals surface area contributed by atoms with Gasteiger partial charge in [-0.3, -0.25) is 4.79 Å². The van der Waals surface area contributed by atoms with Gasteiger partial charge in [-0.15, -0.1) is 11.3 Å². The van der Waals surface area contributed by atoms with E-state index in [0.717, 1.165) is 10.7 Å². The summed E-state index contributed by atoms with van der Waals surface area (Å²) in [7, 11) is 0. The lowest BCUT2D eigenvalue weighted by Crippen LogP contribution is -2.22. The van der Waals surface area contributed by atoms with Gasteiger partial charge in [-0.1, -0.05) is 11.6 Å². The fourth-order valence-electron chi connectivity index (χ4n) is 1.85. The molecular weight excluding hydrogens is 310 g/mol. The molecule has 0 aromatic carbocycles. The molecule has 0 unspecified atom stereocenters. The Bertz CT molecular complexity index is 775. The normalized spacial score (nSPS) is 10.8. The van der Waals surface area contributed by atoms with Crippen molar-refractivity contribution in [3.05, 3.63) is 51.3 Å². The van der Waals surface area contributed by atoms with E-state index in [-0.39, 0.29) is 5.91 Å². The molecule has 1 amide bonds. The summed E-state index contributed by atoms with van der Waals surface area (Å²) < 4.78 is 5.67. The highest BCUT2D eigenvalue weighted by atomic mass is 35.5. The Morgan fingerprint density at radius 1 is 1.52 bits per heavy atom. The largest absolute Gasteiger partial charge is 0.458 e. The number of furan rings is 1. The number of hydrogen-bond acceptors (Lipinski definition) is 4. The molecule has 3 aromatic heterocycles. The van der Waals surface area contributed by atoms with Gasteiger partial charge in [0.15, 0.2) is 5.76 Å². The fourth-order valence-corrected chi connectivity index (χ4v) is 2.61. The van der Waals surface area contributed by atoms with E-state index in [4.69, 9.17) is 16.0 Å². The van der Waals surface area contributed by atoms with E-state index in [9.17, 15) is 4.79 Å². The lowest BCUT2D eigenvalue weighted by Gasteiger charge is -2.00. The van der Waals surface area contributed by atoms with Crippen molar-refractivity contribution in [2.75, 3.05) is 0 Å². The average Bonchev–Trinajstić information content (AvgIpc) is 3.16. The van der Waals surface area contributed by atoms with E-state index in [1.165, 1.54) is 0 Å². The monoisotopic (exact) mass is 321 g/mol. The smallest absolute Gasteiger partial charge is 0.268 e. The Kier molecular flexibility index (Phi) is 3.81. The summed E-state index contributed by atoms with van der Waals surface area (Å²) >= 11 is 7.33. The molecule has 7 heteroatoms. The quantitative estimate of drug-likeness (QED) is 0.771. The number of aromatic amines is 1. The highest BCUT2D eigenvalue weighted by Gasteiger charge is 2.11. The lowest BCUT2D eigenvalue weighted by atomic mass is 10.3. The highest BCUT2D eigenvalue weighted by molar-refractivity contribution is 7.09. The molecule has 0 spiro atoms. The number of carbonyl (C=O) groups excluding carboxylic acids is 1. The first-order valence-electron chi connectivity index (χ1n) is 6.25. The first-order chi connectivity index (χ1) is 10.1. The summed E-state index contributed by atoms with van der Waals surface area (Å²) in [5.74, 6) is 1.14. The molecule has 0 aliphatic heterocycles. The van der Waals surface area contributed by atoms with Crippen LogP contribution in [0.5, 0.6) is 0 Å². The van der Waals surface area contributed by atoms with E-state index in [0.29, 0.717) is 28.8 Å². The predicted molar refractivity (Wildman–Crippen MR) is 81.5 cm³/mol. The maximum Gasteiger partial charge on any atom is 0.268 e. The molecule has 0 aliphatic rings. The molecular formula is C14H12ClN3O2S. The van der Waals surface area contributed by atoms with Gasteiger partial charge in [0.05, 0.1) is 16.6 Å². The molecule has 108 valence electrons. The van der Waals surface area contributed by atoms with Crippen molar-refractivity contribution in [1.82, 2.24) is 15.3 Å². The SMILES string of the molecule is Cc1nc(-c2ccc(CNC(=O)c3cc(Cl)c[nH]3)o2)cs1. The molecule has 0 aliphatic carbocycles. The molecule has 21 heavy (non-hydrogen) atoms. The maximum absolute atomic E-state index is 11.9. The van der Waals surface area contributed by atoms with Crippen LogP contribution in [-0.2, 0) is 6.54 Å². The third-order valence-corrected chi connectivity index (χ3v) is 3.84. The maximum atomic E-state index is 11.9. The zero-order valence-corrected chi connectivity index (χ0v) is 12.7. The number of H-pyrrole nitrogens is 1. The molecule has 0 fully saturated rings. The Morgan fingerprint density at radius 3 is 3.05 bits per heavy atom. The van der Waals surface area contributed by atoms with Crippen LogP contribution in [0, 0.1) is 6.92 Å². The standard InChI is InChI=1S/C14H12ClN3O2S/c1-8-18-12(7-21-8)13-3-2-10(20-13)6-17-14(19)11-4-9(15)5-16-11/h2-5,7,16H,6H2,1H3,(H,17,19). The van der Waals surface area contributed by atoms with Crippen LogP contribution in [0.4, 0.5) is 0 Å². The van der Waals surface area contributed by atoms with Gasteiger partial charge in [-0.2, -0.15) is 0 Å². The predicted octanol–water partition coefficient (Wildman–Crippen LogP) is 3.62. The molecule has 0 saturated heterocycles. The van der Waals surface area contributed by atoms with E-state index in [1.807, 2.05) is 24.4 Å². The molecule has 3 heterocycles. The van der Waals surface area contributed by atoms with Crippen molar-refractivity contribution < 1.29 is 9.21 Å². The molecule has 0 atom stereocenters. The number of halogens is 1. The van der Waals surface area contributed by atoms with Crippen LogP contribution in [0.2, 0.25) is 5.02 Å². The number of thiazole rings is 1. The van der Waals surface area contributed by atoms with Crippen LogP contribution in [0.25, 0.3) is 11.5 Å². The number of rotatable bonds is 4. The minimum atomic E-state index is -0.232. The van der Waals surface area contributed by atoms with Crippen molar-refractivity contribution in [3.63, 3.8) is 0 Å². The number of aryl methyl sites for hydroxylation is 1. The molecule has 0 bridgehead atoms. The zero-order chi connectivity index (χ0) is 14.8. The minimum absolute atomic E-state index is 0.232. The van der Waals surface area contributed by atoms with E-state index in [1.54, 1.807) is 23.6 Å². The van der Waals surface area contributed by atoms with E-state index in [2.05, 4.69) is 15.3 Å². The topological polar surface area (TPSA) is 70.9 Å². The van der Waals surface area contributed by atoms with E-state index < -0.39 is 0 Å². The number of aromatic nitrogens is 2. The van der Waals surface area contributed by atoms with E-state index >= 15 is 0 Å². The Hall–Kier alpha value is -2.05. The molecule has 5 nitrogen and oxygen atoms in total. The first kappa shape index (κ1) is 13.9. The summed E-state index contributed by atoms with van der Waals surface area (Å²) in [6.45, 7) is 2.25. The molecule has 0 radical (unpaired) electrons. The van der Waals surface area contributed by atoms with Crippen molar-refractivity contribution in [3.8, 4) is 11.5 Å². The van der Waals surface area contributed by atoms with Crippen LogP contribution >= 0.6 is 22.9 Å². The first-order valence-corrected chi connectivity index (χ1v) is 7.51. The van der Waals surface area contributed by atoms with Gasteiger partial charge in [0, 0.05) is 11.6 Å². The van der Waals surface area contributed by atoms with Crippen LogP contribution in [-0.4, -0.2) is 15.9 Å². The van der Waals surface area contributed by atoms with Gasteiger partial charge in [-0.05, 0) is 25.1 Å². The van der Waals surface area contributed by atoms with Crippen LogP contribution in [0.1, 0.15) is 21.3 Å². The third kappa shape index (κ3) is 3.17. The number of carbonyl (C=O) groups is 1. The second-order valence-electron chi connectivity index (χ2n) is 4.43.